The predicted molar refractivity (Wildman–Crippen MR) is 347 cm³/mol. The average molecular weight is 1140 g/mol. The Morgan fingerprint density at radius 3 is 0.562 bits per heavy atom. The summed E-state index contributed by atoms with van der Waals surface area (Å²) in [6.45, 7) is 6.38. The van der Waals surface area contributed by atoms with Crippen LogP contribution < -0.4 is 0 Å². The normalized spacial score (nSPS) is 11.5. The van der Waals surface area contributed by atoms with Gasteiger partial charge in [0.15, 0.2) is 0 Å². The number of aliphatic hydroxyl groups is 2. The quantitative estimate of drug-likeness (QED) is 0.0349. The molecule has 8 nitrogen and oxygen atoms in total. The number of hydrogen-bond donors (Lipinski definition) is 4. The van der Waals surface area contributed by atoms with Crippen molar-refractivity contribution in [1.29, 1.82) is 0 Å². The Labute approximate surface area is 499 Å². The maximum atomic E-state index is 11.4. The minimum absolute atomic E-state index is 0.103. The number of ether oxygens (including phenoxy) is 1. The second-order valence-corrected chi connectivity index (χ2v) is 24.7. The molecule has 0 aliphatic rings. The molecule has 0 aliphatic heterocycles. The van der Waals surface area contributed by atoms with Crippen molar-refractivity contribution in [3.05, 3.63) is 0 Å². The van der Waals surface area contributed by atoms with Crippen LogP contribution in [-0.4, -0.2) is 57.7 Å². The lowest BCUT2D eigenvalue weighted by Gasteiger charge is -2.08. The van der Waals surface area contributed by atoms with Gasteiger partial charge in [-0.05, 0) is 19.3 Å². The lowest BCUT2D eigenvalue weighted by molar-refractivity contribution is -0.147. The molecule has 0 rings (SSSR count). The predicted octanol–water partition coefficient (Wildman–Crippen LogP) is 23.7. The molecule has 1 unspecified atom stereocenters. The third kappa shape index (κ3) is 85.1. The van der Waals surface area contributed by atoms with Gasteiger partial charge in [0.2, 0.25) is 0 Å². The summed E-state index contributed by atoms with van der Waals surface area (Å²) in [6.07, 6.45) is 81.5. The summed E-state index contributed by atoms with van der Waals surface area (Å²) in [4.78, 5) is 32.2. The van der Waals surface area contributed by atoms with E-state index in [2.05, 4.69) is 20.8 Å². The second kappa shape index (κ2) is 77.3. The van der Waals surface area contributed by atoms with E-state index < -0.39 is 18.0 Å². The van der Waals surface area contributed by atoms with E-state index in [4.69, 9.17) is 25.2 Å². The van der Waals surface area contributed by atoms with Crippen LogP contribution in [0.1, 0.15) is 425 Å². The Morgan fingerprint density at radius 1 is 0.263 bits per heavy atom. The summed E-state index contributed by atoms with van der Waals surface area (Å²) in [6, 6.07) is 0. The monoisotopic (exact) mass is 1140 g/mol. The van der Waals surface area contributed by atoms with Gasteiger partial charge >= 0.3 is 17.9 Å². The van der Waals surface area contributed by atoms with Crippen molar-refractivity contribution in [3.8, 4) is 0 Å². The van der Waals surface area contributed by atoms with E-state index in [9.17, 15) is 14.4 Å². The Morgan fingerprint density at radius 2 is 0.412 bits per heavy atom. The summed E-state index contributed by atoms with van der Waals surface area (Å²) in [5, 5.41) is 34.9. The van der Waals surface area contributed by atoms with Crippen molar-refractivity contribution in [1.82, 2.24) is 0 Å². The van der Waals surface area contributed by atoms with Crippen LogP contribution >= 0.6 is 0 Å². The molecule has 4 N–H and O–H groups in total. The highest BCUT2D eigenvalue weighted by Crippen LogP contribution is 2.19. The Bertz CT molecular complexity index is 1090. The Hall–Kier alpha value is -1.67. The Kier molecular flexibility index (Phi) is 79.8. The van der Waals surface area contributed by atoms with Crippen LogP contribution in [0.2, 0.25) is 0 Å². The minimum atomic E-state index is -0.955. The highest BCUT2D eigenvalue weighted by atomic mass is 16.5. The SMILES string of the molecule is CCCCCCCCCCCCCCCCCCCCCCC(=O)O.CCCCCCCCCCCCCCCCCCCCCCC(=O)O.CCCCCCCCCCCCCCCCCCCCCCC(=O)OCC(O)CO. The Balaban J connectivity index is -0.00000112. The van der Waals surface area contributed by atoms with Crippen molar-refractivity contribution in [2.45, 2.75) is 431 Å². The largest absolute Gasteiger partial charge is 0.481 e. The van der Waals surface area contributed by atoms with Gasteiger partial charge in [0.1, 0.15) is 12.7 Å². The van der Waals surface area contributed by atoms with Crippen molar-refractivity contribution < 1.29 is 39.5 Å². The van der Waals surface area contributed by atoms with Crippen LogP contribution in [0.3, 0.4) is 0 Å². The zero-order valence-corrected chi connectivity index (χ0v) is 54.5. The number of carboxylic acids is 2. The number of hydrogen-bond acceptors (Lipinski definition) is 6. The maximum Gasteiger partial charge on any atom is 0.305 e. The molecule has 0 bridgehead atoms. The van der Waals surface area contributed by atoms with Crippen molar-refractivity contribution in [2.24, 2.45) is 0 Å². The molecule has 0 heterocycles. The molecule has 0 saturated carbocycles. The number of carbonyl (C=O) groups is 3. The standard InChI is InChI=1S/C26H52O4.2C23H46O2/c1-2-3-4-5-6-7-8-9-10-11-12-13-14-15-16-17-18-19-20-21-22-26(29)30-24-25(28)23-27;2*1-2-3-4-5-6-7-8-9-10-11-12-13-14-15-16-17-18-19-20-21-22-23(24)25/h25,27-28H,2-24H2,1H3;2*2-22H2,1H3,(H,24,25). The van der Waals surface area contributed by atoms with Crippen molar-refractivity contribution in [3.63, 3.8) is 0 Å². The molecule has 0 aromatic rings. The molecular weight excluding hydrogens is 993 g/mol. The third-order valence-corrected chi connectivity index (χ3v) is 16.4. The molecule has 0 aromatic heterocycles. The first kappa shape index (κ1) is 82.5. The van der Waals surface area contributed by atoms with Gasteiger partial charge in [-0.1, -0.05) is 387 Å². The number of esters is 1. The van der Waals surface area contributed by atoms with Crippen LogP contribution in [-0.2, 0) is 19.1 Å². The molecular formula is C72H144O8. The lowest BCUT2D eigenvalue weighted by atomic mass is 10.0. The van der Waals surface area contributed by atoms with Gasteiger partial charge in [0.25, 0.3) is 0 Å². The molecule has 480 valence electrons. The van der Waals surface area contributed by atoms with E-state index in [1.807, 2.05) is 0 Å². The summed E-state index contributed by atoms with van der Waals surface area (Å²) < 4.78 is 4.89. The van der Waals surface area contributed by atoms with Crippen LogP contribution in [0.15, 0.2) is 0 Å². The van der Waals surface area contributed by atoms with Crippen LogP contribution in [0.5, 0.6) is 0 Å². The average Bonchev–Trinajstić information content (AvgIpc) is 3.45. The molecule has 0 aliphatic carbocycles. The van der Waals surface area contributed by atoms with Crippen LogP contribution in [0.25, 0.3) is 0 Å². The van der Waals surface area contributed by atoms with E-state index in [0.29, 0.717) is 19.3 Å². The van der Waals surface area contributed by atoms with E-state index in [1.54, 1.807) is 0 Å². The second-order valence-electron chi connectivity index (χ2n) is 24.7. The van der Waals surface area contributed by atoms with E-state index in [1.165, 1.54) is 347 Å². The smallest absolute Gasteiger partial charge is 0.305 e. The molecule has 0 radical (unpaired) electrons. The van der Waals surface area contributed by atoms with E-state index >= 15 is 0 Å². The third-order valence-electron chi connectivity index (χ3n) is 16.4. The zero-order chi connectivity index (χ0) is 59.0. The summed E-state index contributed by atoms with van der Waals surface area (Å²) >= 11 is 0. The highest BCUT2D eigenvalue weighted by Gasteiger charge is 2.08. The number of aliphatic hydroxyl groups excluding tert-OH is 2. The van der Waals surface area contributed by atoms with Crippen LogP contribution in [0.4, 0.5) is 0 Å². The molecule has 0 aromatic carbocycles. The number of carboxylic acid groups (broad SMARTS) is 2. The molecule has 1 atom stereocenters. The van der Waals surface area contributed by atoms with Crippen LogP contribution in [0, 0.1) is 0 Å². The fraction of sp³-hybridized carbons (Fsp3) is 0.958. The van der Waals surface area contributed by atoms with Gasteiger partial charge in [0.05, 0.1) is 6.61 Å². The number of aliphatic carboxylic acids is 2. The van der Waals surface area contributed by atoms with Gasteiger partial charge in [-0.15, -0.1) is 0 Å². The fourth-order valence-corrected chi connectivity index (χ4v) is 10.9. The number of rotatable bonds is 66. The first-order valence-corrected chi connectivity index (χ1v) is 36.1. The molecule has 8 heteroatoms. The van der Waals surface area contributed by atoms with Gasteiger partial charge in [-0.25, -0.2) is 0 Å². The van der Waals surface area contributed by atoms with Gasteiger partial charge in [-0.3, -0.25) is 14.4 Å². The van der Waals surface area contributed by atoms with Gasteiger partial charge < -0.3 is 25.2 Å². The first-order chi connectivity index (χ1) is 39.2. The minimum Gasteiger partial charge on any atom is -0.481 e. The first-order valence-electron chi connectivity index (χ1n) is 36.1. The van der Waals surface area contributed by atoms with Gasteiger partial charge in [0, 0.05) is 19.3 Å². The highest BCUT2D eigenvalue weighted by molar-refractivity contribution is 5.69. The van der Waals surface area contributed by atoms with Gasteiger partial charge in [-0.2, -0.15) is 0 Å². The number of unbranched alkanes of at least 4 members (excludes halogenated alkanes) is 57. The molecule has 0 amide bonds. The van der Waals surface area contributed by atoms with Crippen molar-refractivity contribution in [2.75, 3.05) is 13.2 Å². The van der Waals surface area contributed by atoms with E-state index in [0.717, 1.165) is 38.5 Å². The maximum absolute atomic E-state index is 11.4. The summed E-state index contributed by atoms with van der Waals surface area (Å²) in [5.74, 6) is -1.57. The topological polar surface area (TPSA) is 141 Å². The molecule has 80 heavy (non-hydrogen) atoms. The van der Waals surface area contributed by atoms with Crippen molar-refractivity contribution >= 4 is 17.9 Å². The molecule has 0 saturated heterocycles. The van der Waals surface area contributed by atoms with E-state index in [-0.39, 0.29) is 19.2 Å². The zero-order valence-electron chi connectivity index (χ0n) is 54.5. The molecule has 0 spiro atoms. The summed E-state index contributed by atoms with van der Waals surface area (Å²) in [7, 11) is 0. The molecule has 0 fully saturated rings. The fourth-order valence-electron chi connectivity index (χ4n) is 10.9. The summed E-state index contributed by atoms with van der Waals surface area (Å²) in [5.41, 5.74) is 0. The lowest BCUT2D eigenvalue weighted by Crippen LogP contribution is -2.21. The number of carbonyl (C=O) groups excluding carboxylic acids is 1.